The summed E-state index contributed by atoms with van der Waals surface area (Å²) in [6.07, 6.45) is 1.09. The maximum atomic E-state index is 12.1. The summed E-state index contributed by atoms with van der Waals surface area (Å²) in [5.74, 6) is 1.55. The second-order valence-corrected chi connectivity index (χ2v) is 5.31. The molecule has 1 saturated heterocycles. The first kappa shape index (κ1) is 14.2. The fourth-order valence-electron chi connectivity index (χ4n) is 2.64. The number of carbonyl (C=O) groups excluding carboxylic acids is 1. The molecule has 2 heterocycles. The van der Waals surface area contributed by atoms with Crippen molar-refractivity contribution in [3.05, 3.63) is 23.8 Å². The van der Waals surface area contributed by atoms with Crippen LogP contribution in [0.5, 0.6) is 11.5 Å². The smallest absolute Gasteiger partial charge is 0.234 e. The Kier molecular flexibility index (Phi) is 4.57. The highest BCUT2D eigenvalue weighted by Crippen LogP contribution is 2.35. The van der Waals surface area contributed by atoms with E-state index in [2.05, 4.69) is 15.5 Å². The molecule has 0 bridgehead atoms. The number of hydrogen-bond acceptors (Lipinski definition) is 5. The molecule has 114 valence electrons. The van der Waals surface area contributed by atoms with Crippen LogP contribution in [0.4, 0.5) is 0 Å². The number of rotatable bonds is 4. The molecule has 3 rings (SSSR count). The van der Waals surface area contributed by atoms with Gasteiger partial charge < -0.3 is 20.1 Å². The molecule has 6 nitrogen and oxygen atoms in total. The zero-order valence-corrected chi connectivity index (χ0v) is 12.1. The van der Waals surface area contributed by atoms with Crippen molar-refractivity contribution in [3.63, 3.8) is 0 Å². The molecule has 1 aromatic rings. The summed E-state index contributed by atoms with van der Waals surface area (Å²) in [4.78, 5) is 14.2. The predicted octanol–water partition coefficient (Wildman–Crippen LogP) is 0.327. The van der Waals surface area contributed by atoms with E-state index in [4.69, 9.17) is 9.47 Å². The molecule has 1 amide bonds. The van der Waals surface area contributed by atoms with Gasteiger partial charge in [-0.25, -0.2) is 0 Å². The molecule has 0 radical (unpaired) electrons. The van der Waals surface area contributed by atoms with Crippen LogP contribution in [0.2, 0.25) is 0 Å². The second kappa shape index (κ2) is 6.78. The predicted molar refractivity (Wildman–Crippen MR) is 78.3 cm³/mol. The van der Waals surface area contributed by atoms with Gasteiger partial charge in [0, 0.05) is 25.2 Å². The van der Waals surface area contributed by atoms with Crippen molar-refractivity contribution in [1.29, 1.82) is 0 Å². The monoisotopic (exact) mass is 291 g/mol. The van der Waals surface area contributed by atoms with Crippen LogP contribution in [0.15, 0.2) is 18.2 Å². The topological polar surface area (TPSA) is 62.8 Å². The van der Waals surface area contributed by atoms with Crippen LogP contribution in [-0.4, -0.2) is 50.3 Å². The lowest BCUT2D eigenvalue weighted by Crippen LogP contribution is -2.38. The summed E-state index contributed by atoms with van der Waals surface area (Å²) in [6, 6.07) is 5.73. The Morgan fingerprint density at radius 1 is 1.29 bits per heavy atom. The van der Waals surface area contributed by atoms with Crippen LogP contribution >= 0.6 is 0 Å². The highest BCUT2D eigenvalue weighted by atomic mass is 16.7. The number of benzene rings is 1. The molecule has 0 spiro atoms. The summed E-state index contributed by atoms with van der Waals surface area (Å²) < 4.78 is 10.8. The van der Waals surface area contributed by atoms with Gasteiger partial charge in [-0.2, -0.15) is 0 Å². The van der Waals surface area contributed by atoms with E-state index in [1.165, 1.54) is 0 Å². The standard InChI is InChI=1S/C15H21N3O3/c19-14(10-18-7-2-5-16-6-8-18)17-9-12-3-1-4-13-15(12)21-11-20-13/h1,3-4,16H,2,5-11H2,(H,17,19). The highest BCUT2D eigenvalue weighted by Gasteiger charge is 2.18. The quantitative estimate of drug-likeness (QED) is 0.837. The summed E-state index contributed by atoms with van der Waals surface area (Å²) in [5, 5.41) is 6.29. The maximum absolute atomic E-state index is 12.1. The minimum atomic E-state index is 0.0495. The van der Waals surface area contributed by atoms with Gasteiger partial charge in [-0.3, -0.25) is 9.69 Å². The number of hydrogen-bond donors (Lipinski definition) is 2. The molecule has 0 atom stereocenters. The van der Waals surface area contributed by atoms with E-state index < -0.39 is 0 Å². The fourth-order valence-corrected chi connectivity index (χ4v) is 2.64. The van der Waals surface area contributed by atoms with Crippen LogP contribution in [0.25, 0.3) is 0 Å². The molecule has 1 aromatic carbocycles. The number of ether oxygens (including phenoxy) is 2. The Morgan fingerprint density at radius 2 is 2.24 bits per heavy atom. The zero-order chi connectivity index (χ0) is 14.5. The van der Waals surface area contributed by atoms with Crippen molar-refractivity contribution in [2.45, 2.75) is 13.0 Å². The third-order valence-electron chi connectivity index (χ3n) is 3.75. The Labute approximate surface area is 124 Å². The van der Waals surface area contributed by atoms with Crippen LogP contribution in [0.3, 0.4) is 0 Å². The lowest BCUT2D eigenvalue weighted by atomic mass is 10.2. The second-order valence-electron chi connectivity index (χ2n) is 5.31. The first-order chi connectivity index (χ1) is 10.3. The van der Waals surface area contributed by atoms with Gasteiger partial charge in [-0.15, -0.1) is 0 Å². The highest BCUT2D eigenvalue weighted by molar-refractivity contribution is 5.78. The summed E-state index contributed by atoms with van der Waals surface area (Å²) in [5.41, 5.74) is 0.955. The molecule has 2 N–H and O–H groups in total. The summed E-state index contributed by atoms with van der Waals surface area (Å²) >= 11 is 0. The van der Waals surface area contributed by atoms with E-state index in [-0.39, 0.29) is 12.7 Å². The van der Waals surface area contributed by atoms with Gasteiger partial charge in [0.2, 0.25) is 12.7 Å². The van der Waals surface area contributed by atoms with Gasteiger partial charge in [0.25, 0.3) is 0 Å². The van der Waals surface area contributed by atoms with E-state index in [0.717, 1.165) is 49.7 Å². The summed E-state index contributed by atoms with van der Waals surface area (Å²) in [7, 11) is 0. The van der Waals surface area contributed by atoms with Gasteiger partial charge in [-0.1, -0.05) is 12.1 Å². The lowest BCUT2D eigenvalue weighted by molar-refractivity contribution is -0.122. The molecular formula is C15H21N3O3. The first-order valence-corrected chi connectivity index (χ1v) is 7.40. The van der Waals surface area contributed by atoms with Gasteiger partial charge >= 0.3 is 0 Å². The lowest BCUT2D eigenvalue weighted by Gasteiger charge is -2.18. The van der Waals surface area contributed by atoms with Gasteiger partial charge in [0.1, 0.15) is 0 Å². The van der Waals surface area contributed by atoms with Crippen molar-refractivity contribution in [3.8, 4) is 11.5 Å². The Balaban J connectivity index is 1.50. The minimum Gasteiger partial charge on any atom is -0.454 e. The molecule has 0 saturated carbocycles. The van der Waals surface area contributed by atoms with E-state index in [1.807, 2.05) is 18.2 Å². The Morgan fingerprint density at radius 3 is 3.19 bits per heavy atom. The van der Waals surface area contributed by atoms with Gasteiger partial charge in [-0.05, 0) is 25.6 Å². The van der Waals surface area contributed by atoms with Crippen LogP contribution in [0, 0.1) is 0 Å². The zero-order valence-electron chi connectivity index (χ0n) is 12.1. The minimum absolute atomic E-state index is 0.0495. The van der Waals surface area contributed by atoms with E-state index in [9.17, 15) is 4.79 Å². The summed E-state index contributed by atoms with van der Waals surface area (Å²) in [6.45, 7) is 5.05. The van der Waals surface area contributed by atoms with Gasteiger partial charge in [0.15, 0.2) is 11.5 Å². The molecule has 21 heavy (non-hydrogen) atoms. The van der Waals surface area contributed by atoms with Gasteiger partial charge in [0.05, 0.1) is 6.54 Å². The van der Waals surface area contributed by atoms with E-state index >= 15 is 0 Å². The number of nitrogens with zero attached hydrogens (tertiary/aromatic N) is 1. The number of nitrogens with one attached hydrogen (secondary N) is 2. The number of amides is 1. The SMILES string of the molecule is O=C(CN1CCCNCC1)NCc1cccc2c1OCO2. The fraction of sp³-hybridized carbons (Fsp3) is 0.533. The van der Waals surface area contributed by atoms with Crippen LogP contribution in [0.1, 0.15) is 12.0 Å². The molecule has 0 aliphatic carbocycles. The molecule has 2 aliphatic rings. The van der Waals surface area contributed by atoms with Crippen LogP contribution in [-0.2, 0) is 11.3 Å². The average molecular weight is 291 g/mol. The third kappa shape index (κ3) is 3.65. The number of carbonyl (C=O) groups is 1. The number of fused-ring (bicyclic) bond motifs is 1. The number of para-hydroxylation sites is 1. The Bertz CT molecular complexity index is 499. The van der Waals surface area contributed by atoms with E-state index in [0.29, 0.717) is 13.1 Å². The largest absolute Gasteiger partial charge is 0.454 e. The molecule has 2 aliphatic heterocycles. The van der Waals surface area contributed by atoms with E-state index in [1.54, 1.807) is 0 Å². The Hall–Kier alpha value is -1.79. The van der Waals surface area contributed by atoms with Crippen molar-refractivity contribution in [2.75, 3.05) is 39.5 Å². The third-order valence-corrected chi connectivity index (χ3v) is 3.75. The van der Waals surface area contributed by atoms with Crippen molar-refractivity contribution in [2.24, 2.45) is 0 Å². The van der Waals surface area contributed by atoms with Crippen molar-refractivity contribution in [1.82, 2.24) is 15.5 Å². The maximum Gasteiger partial charge on any atom is 0.234 e. The molecule has 0 unspecified atom stereocenters. The molecular weight excluding hydrogens is 270 g/mol. The van der Waals surface area contributed by atoms with Crippen molar-refractivity contribution >= 4 is 5.91 Å². The van der Waals surface area contributed by atoms with Crippen molar-refractivity contribution < 1.29 is 14.3 Å². The molecule has 6 heteroatoms. The normalized spacial score (nSPS) is 18.3. The molecule has 1 fully saturated rings. The molecule has 0 aromatic heterocycles. The van der Waals surface area contributed by atoms with Crippen LogP contribution < -0.4 is 20.1 Å². The average Bonchev–Trinajstić information content (AvgIpc) is 2.83. The first-order valence-electron chi connectivity index (χ1n) is 7.40.